The highest BCUT2D eigenvalue weighted by Gasteiger charge is 2.13. The molecule has 0 radical (unpaired) electrons. The third-order valence-electron chi connectivity index (χ3n) is 2.63. The van der Waals surface area contributed by atoms with E-state index in [0.29, 0.717) is 37.8 Å². The second-order valence-corrected chi connectivity index (χ2v) is 5.77. The van der Waals surface area contributed by atoms with Crippen LogP contribution in [0.4, 0.5) is 5.82 Å². The molecule has 20 heavy (non-hydrogen) atoms. The van der Waals surface area contributed by atoms with Gasteiger partial charge in [0.15, 0.2) is 0 Å². The van der Waals surface area contributed by atoms with Gasteiger partial charge in [-0.3, -0.25) is 0 Å². The molecule has 106 valence electrons. The van der Waals surface area contributed by atoms with E-state index in [9.17, 15) is 0 Å². The molecule has 0 atom stereocenters. The van der Waals surface area contributed by atoms with Gasteiger partial charge in [-0.2, -0.15) is 4.98 Å². The number of nitrogens with zero attached hydrogens (tertiary/aromatic N) is 2. The zero-order valence-corrected chi connectivity index (χ0v) is 14.2. The predicted molar refractivity (Wildman–Crippen MR) is 85.3 cm³/mol. The summed E-state index contributed by atoms with van der Waals surface area (Å²) in [7, 11) is 1.79. The summed E-state index contributed by atoms with van der Waals surface area (Å²) in [6.07, 6.45) is 0. The van der Waals surface area contributed by atoms with Crippen LogP contribution in [0.5, 0.6) is 11.6 Å². The van der Waals surface area contributed by atoms with Crippen LogP contribution in [0.2, 0.25) is 10.0 Å². The zero-order chi connectivity index (χ0) is 14.9. The molecule has 0 spiro atoms. The van der Waals surface area contributed by atoms with Crippen LogP contribution in [0, 0.1) is 13.8 Å². The number of ether oxygens (including phenoxy) is 1. The van der Waals surface area contributed by atoms with Crippen molar-refractivity contribution in [3.8, 4) is 11.6 Å². The molecule has 0 amide bonds. The minimum atomic E-state index is 0.446. The maximum atomic E-state index is 6.14. The van der Waals surface area contributed by atoms with Gasteiger partial charge < -0.3 is 10.1 Å². The normalized spacial score (nSPS) is 10.5. The Bertz CT molecular complexity index is 665. The number of halogens is 3. The first-order valence-electron chi connectivity index (χ1n) is 5.77. The third kappa shape index (κ3) is 3.16. The first-order valence-corrected chi connectivity index (χ1v) is 7.32. The summed E-state index contributed by atoms with van der Waals surface area (Å²) in [5.74, 6) is 2.21. The lowest BCUT2D eigenvalue weighted by molar-refractivity contribution is 0.456. The molecule has 2 rings (SSSR count). The van der Waals surface area contributed by atoms with Gasteiger partial charge >= 0.3 is 0 Å². The highest BCUT2D eigenvalue weighted by molar-refractivity contribution is 9.10. The van der Waals surface area contributed by atoms with Crippen molar-refractivity contribution in [3.05, 3.63) is 38.0 Å². The minimum absolute atomic E-state index is 0.446. The van der Waals surface area contributed by atoms with Crippen molar-refractivity contribution in [2.45, 2.75) is 13.8 Å². The van der Waals surface area contributed by atoms with Crippen LogP contribution in [0.15, 0.2) is 16.6 Å². The molecule has 1 N–H and O–H groups in total. The van der Waals surface area contributed by atoms with Crippen LogP contribution in [0.1, 0.15) is 11.4 Å². The van der Waals surface area contributed by atoms with E-state index in [4.69, 9.17) is 27.9 Å². The number of aromatic nitrogens is 2. The molecule has 1 aromatic heterocycles. The predicted octanol–water partition coefficient (Wildman–Crippen LogP) is 5.00. The van der Waals surface area contributed by atoms with Crippen molar-refractivity contribution in [2.24, 2.45) is 0 Å². The van der Waals surface area contributed by atoms with E-state index in [2.05, 4.69) is 31.2 Å². The Labute approximate surface area is 135 Å². The standard InChI is InChI=1S/C13H12BrCl2N3O/c1-6-12(17-3)18-7(2)19-13(6)20-11-5-9(15)8(14)4-10(11)16/h4-5H,1-3H3,(H,17,18,19). The molecule has 1 heterocycles. The fourth-order valence-corrected chi connectivity index (χ4v) is 2.46. The Hall–Kier alpha value is -1.04. The monoisotopic (exact) mass is 375 g/mol. The SMILES string of the molecule is CNc1nc(C)nc(Oc2cc(Cl)c(Br)cc2Cl)c1C. The quantitative estimate of drug-likeness (QED) is 0.766. The van der Waals surface area contributed by atoms with Crippen molar-refractivity contribution in [1.82, 2.24) is 9.97 Å². The van der Waals surface area contributed by atoms with Crippen LogP contribution >= 0.6 is 39.1 Å². The van der Waals surface area contributed by atoms with Gasteiger partial charge in [0.1, 0.15) is 17.4 Å². The summed E-state index contributed by atoms with van der Waals surface area (Å²) in [6.45, 7) is 3.66. The van der Waals surface area contributed by atoms with Crippen LogP contribution in [-0.4, -0.2) is 17.0 Å². The Morgan fingerprint density at radius 2 is 1.85 bits per heavy atom. The fraction of sp³-hybridized carbons (Fsp3) is 0.231. The van der Waals surface area contributed by atoms with Gasteiger partial charge in [0.2, 0.25) is 5.88 Å². The second kappa shape index (κ2) is 6.16. The number of aryl methyl sites for hydroxylation is 1. The van der Waals surface area contributed by atoms with Crippen molar-refractivity contribution in [1.29, 1.82) is 0 Å². The van der Waals surface area contributed by atoms with E-state index in [1.165, 1.54) is 0 Å². The molecular weight excluding hydrogens is 365 g/mol. The largest absolute Gasteiger partial charge is 0.437 e. The van der Waals surface area contributed by atoms with E-state index >= 15 is 0 Å². The van der Waals surface area contributed by atoms with E-state index in [-0.39, 0.29) is 0 Å². The summed E-state index contributed by atoms with van der Waals surface area (Å²) in [4.78, 5) is 8.56. The lowest BCUT2D eigenvalue weighted by Gasteiger charge is -2.13. The van der Waals surface area contributed by atoms with Crippen molar-refractivity contribution in [3.63, 3.8) is 0 Å². The molecule has 0 saturated heterocycles. The van der Waals surface area contributed by atoms with Crippen molar-refractivity contribution < 1.29 is 4.74 Å². The molecule has 0 aliphatic carbocycles. The summed E-state index contributed by atoms with van der Waals surface area (Å²) >= 11 is 15.5. The molecule has 0 unspecified atom stereocenters. The average Bonchev–Trinajstić information content (AvgIpc) is 2.39. The first kappa shape index (κ1) is 15.4. The minimum Gasteiger partial charge on any atom is -0.437 e. The number of anilines is 1. The molecule has 4 nitrogen and oxygen atoms in total. The van der Waals surface area contributed by atoms with E-state index in [0.717, 1.165) is 5.56 Å². The topological polar surface area (TPSA) is 47.0 Å². The van der Waals surface area contributed by atoms with E-state index < -0.39 is 0 Å². The van der Waals surface area contributed by atoms with E-state index in [1.54, 1.807) is 26.1 Å². The number of hydrogen-bond acceptors (Lipinski definition) is 4. The molecule has 7 heteroatoms. The van der Waals surface area contributed by atoms with Crippen molar-refractivity contribution in [2.75, 3.05) is 12.4 Å². The number of hydrogen-bond donors (Lipinski definition) is 1. The molecule has 0 aliphatic heterocycles. The summed E-state index contributed by atoms with van der Waals surface area (Å²) in [6, 6.07) is 3.32. The molecule has 0 aliphatic rings. The smallest absolute Gasteiger partial charge is 0.227 e. The molecular formula is C13H12BrCl2N3O. The average molecular weight is 377 g/mol. The summed E-state index contributed by atoms with van der Waals surface area (Å²) in [5.41, 5.74) is 0.799. The Morgan fingerprint density at radius 3 is 2.50 bits per heavy atom. The summed E-state index contributed by atoms with van der Waals surface area (Å²) in [5, 5.41) is 3.96. The summed E-state index contributed by atoms with van der Waals surface area (Å²) < 4.78 is 6.48. The third-order valence-corrected chi connectivity index (χ3v) is 4.12. The lowest BCUT2D eigenvalue weighted by Crippen LogP contribution is -2.03. The molecule has 0 saturated carbocycles. The lowest BCUT2D eigenvalue weighted by atomic mass is 10.3. The first-order chi connectivity index (χ1) is 9.42. The van der Waals surface area contributed by atoms with Crippen LogP contribution < -0.4 is 10.1 Å². The molecule has 0 fully saturated rings. The van der Waals surface area contributed by atoms with Gasteiger partial charge in [-0.15, -0.1) is 0 Å². The van der Waals surface area contributed by atoms with Gasteiger partial charge in [0, 0.05) is 17.6 Å². The van der Waals surface area contributed by atoms with Crippen LogP contribution in [-0.2, 0) is 0 Å². The molecule has 1 aromatic carbocycles. The second-order valence-electron chi connectivity index (χ2n) is 4.10. The van der Waals surface area contributed by atoms with Gasteiger partial charge in [-0.25, -0.2) is 4.98 Å². The Balaban J connectivity index is 2.45. The zero-order valence-electron chi connectivity index (χ0n) is 11.1. The fourth-order valence-electron chi connectivity index (χ4n) is 1.63. The van der Waals surface area contributed by atoms with Gasteiger partial charge in [-0.1, -0.05) is 23.2 Å². The van der Waals surface area contributed by atoms with Gasteiger partial charge in [-0.05, 0) is 35.8 Å². The number of rotatable bonds is 3. The van der Waals surface area contributed by atoms with Gasteiger partial charge in [0.25, 0.3) is 0 Å². The number of benzene rings is 1. The highest BCUT2D eigenvalue weighted by atomic mass is 79.9. The van der Waals surface area contributed by atoms with E-state index in [1.807, 2.05) is 6.92 Å². The Morgan fingerprint density at radius 1 is 1.15 bits per heavy atom. The highest BCUT2D eigenvalue weighted by Crippen LogP contribution is 2.37. The Kier molecular flexibility index (Phi) is 4.73. The maximum absolute atomic E-state index is 6.14. The van der Waals surface area contributed by atoms with Gasteiger partial charge in [0.05, 0.1) is 15.6 Å². The van der Waals surface area contributed by atoms with Crippen LogP contribution in [0.3, 0.4) is 0 Å². The number of nitrogens with one attached hydrogen (secondary N) is 1. The molecule has 2 aromatic rings. The van der Waals surface area contributed by atoms with Crippen LogP contribution in [0.25, 0.3) is 0 Å². The van der Waals surface area contributed by atoms with Crippen molar-refractivity contribution >= 4 is 44.9 Å². The maximum Gasteiger partial charge on any atom is 0.227 e. The molecule has 0 bridgehead atoms.